The van der Waals surface area contributed by atoms with Gasteiger partial charge in [0.1, 0.15) is 0 Å². The second-order valence-corrected chi connectivity index (χ2v) is 31.7. The fraction of sp³-hybridized carbons (Fsp3) is 0.191. The molecule has 0 amide bonds. The first-order valence-electron chi connectivity index (χ1n) is 37.8. The van der Waals surface area contributed by atoms with Gasteiger partial charge in [-0.15, -0.1) is 0 Å². The number of rotatable bonds is 14. The molecule has 0 aliphatic carbocycles. The first-order valence-corrected chi connectivity index (χ1v) is 38.2. The van der Waals surface area contributed by atoms with E-state index in [1.807, 2.05) is 183 Å². The highest BCUT2D eigenvalue weighted by atomic mass is 35.5. The number of nitrogens with zero attached hydrogens (tertiary/aromatic N) is 8. The van der Waals surface area contributed by atoms with Gasteiger partial charge in [0, 0.05) is 68.8 Å². The van der Waals surface area contributed by atoms with E-state index in [1.165, 1.54) is 0 Å². The molecule has 0 N–H and O–H groups in total. The Morgan fingerprint density at radius 3 is 0.732 bits per heavy atom. The summed E-state index contributed by atoms with van der Waals surface area (Å²) in [6.45, 7) is 24.5. The van der Waals surface area contributed by atoms with Gasteiger partial charge in [-0.05, 0) is 186 Å². The molecular weight excluding hydrogens is 1400 g/mol. The standard InChI is InChI=1S/C44H37BN4O2.C38H25ClN4.C12H24B2O4/c1-43(2)44(3,4)51-45(50-43)39-27-37(36-16-11-25-46-29-36)26-38(28-39)42-48-40(34-21-17-32(18-22-34)30-12-7-5-8-13-30)47-41(49-42)35-23-19-33(20-24-35)31-14-9-6-10-15-31;39-35-23-33(32-12-7-21-40-25-32)22-34(24-35)38-42-36(30-17-13-28(14-18-30)26-8-3-1-4-9-26)41-37(43-38)31-19-15-29(16-20-31)27-10-5-2-6-11-27;1-9(2)10(3,4)16-13(15-9)14-17-11(5,6)12(7,8)18-14/h5-29H,1-4H3;1-25H;1-8H3. The van der Waals surface area contributed by atoms with Crippen LogP contribution in [0, 0.1) is 0 Å². The number of aromatic nitrogens is 8. The van der Waals surface area contributed by atoms with E-state index in [1.54, 1.807) is 12.4 Å². The van der Waals surface area contributed by atoms with Crippen LogP contribution >= 0.6 is 11.6 Å². The molecule has 4 aromatic heterocycles. The number of benzene rings is 10. The van der Waals surface area contributed by atoms with E-state index in [9.17, 15) is 0 Å². The average Bonchev–Trinajstić information content (AvgIpc) is 1.61. The molecule has 112 heavy (non-hydrogen) atoms. The highest BCUT2D eigenvalue weighted by Gasteiger charge is 2.64. The van der Waals surface area contributed by atoms with Gasteiger partial charge in [-0.2, -0.15) is 0 Å². The van der Waals surface area contributed by atoms with Crippen LogP contribution < -0.4 is 5.46 Å². The minimum atomic E-state index is -0.567. The predicted octanol–water partition coefficient (Wildman–Crippen LogP) is 21.7. The maximum absolute atomic E-state index is 6.62. The normalized spacial score (nSPS) is 16.1. The first kappa shape index (κ1) is 76.1. The molecular formula is C94H86B3ClN8O6. The Morgan fingerprint density at radius 2 is 0.446 bits per heavy atom. The summed E-state index contributed by atoms with van der Waals surface area (Å²) in [6, 6.07) is 94.8. The number of hydrogen-bond donors (Lipinski definition) is 0. The van der Waals surface area contributed by atoms with Crippen molar-refractivity contribution in [2.24, 2.45) is 0 Å². The summed E-state index contributed by atoms with van der Waals surface area (Å²) in [7, 11) is -1.52. The second kappa shape index (κ2) is 31.5. The zero-order valence-corrected chi connectivity index (χ0v) is 65.8. The van der Waals surface area contributed by atoms with Gasteiger partial charge in [-0.25, -0.2) is 29.9 Å². The van der Waals surface area contributed by atoms with Crippen molar-refractivity contribution in [3.63, 3.8) is 0 Å². The van der Waals surface area contributed by atoms with Gasteiger partial charge in [0.25, 0.3) is 0 Å². The molecule has 14 nitrogen and oxygen atoms in total. The van der Waals surface area contributed by atoms with Gasteiger partial charge in [-0.1, -0.05) is 254 Å². The zero-order chi connectivity index (χ0) is 78.0. The van der Waals surface area contributed by atoms with Crippen molar-refractivity contribution in [3.8, 4) is 135 Å². The summed E-state index contributed by atoms with van der Waals surface area (Å²) in [6.07, 6.45) is 7.22. The average molecular weight is 1490 g/mol. The lowest BCUT2D eigenvalue weighted by molar-refractivity contribution is 0.00578. The Hall–Kier alpha value is -11.2. The SMILES string of the molecule is CC1(C)OB(B2OC(C)(C)C(C)(C)O2)OC1(C)C.CC1(C)OB(c2cc(-c3cccnc3)cc(-c3nc(-c4ccc(-c5ccccc5)cc4)nc(-c4ccc(-c5ccccc5)cc4)n3)c2)OC1(C)C.Clc1cc(-c2cccnc2)cc(-c2nc(-c3ccc(-c4ccccc4)cc3)nc(-c3ccc(-c4ccccc4)cc3)n2)c1. The van der Waals surface area contributed by atoms with Gasteiger partial charge in [0.05, 0.1) is 33.6 Å². The van der Waals surface area contributed by atoms with Crippen molar-refractivity contribution < 1.29 is 27.9 Å². The van der Waals surface area contributed by atoms with Crippen LogP contribution in [0.1, 0.15) is 83.1 Å². The lowest BCUT2D eigenvalue weighted by Gasteiger charge is -2.32. The minimum absolute atomic E-state index is 0.360. The van der Waals surface area contributed by atoms with Crippen LogP contribution in [0.5, 0.6) is 0 Å². The molecule has 0 radical (unpaired) electrons. The molecule has 18 heteroatoms. The summed E-state index contributed by atoms with van der Waals surface area (Å²) in [5.41, 5.74) is 16.7. The highest BCUT2D eigenvalue weighted by molar-refractivity contribution is 7.11. The van der Waals surface area contributed by atoms with E-state index in [4.69, 9.17) is 69.4 Å². The van der Waals surface area contributed by atoms with Gasteiger partial charge in [0.2, 0.25) is 0 Å². The van der Waals surface area contributed by atoms with Crippen LogP contribution in [-0.2, 0) is 27.9 Å². The van der Waals surface area contributed by atoms with Crippen molar-refractivity contribution in [2.45, 2.75) is 117 Å². The van der Waals surface area contributed by atoms with Gasteiger partial charge in [-0.3, -0.25) is 9.97 Å². The molecule has 0 spiro atoms. The van der Waals surface area contributed by atoms with Crippen molar-refractivity contribution in [1.82, 2.24) is 39.9 Å². The van der Waals surface area contributed by atoms with E-state index >= 15 is 0 Å². The third-order valence-electron chi connectivity index (χ3n) is 21.9. The van der Waals surface area contributed by atoms with E-state index < -0.39 is 32.3 Å². The lowest BCUT2D eigenvalue weighted by atomic mass is 9.49. The molecule has 3 aliphatic rings. The van der Waals surface area contributed by atoms with Crippen molar-refractivity contribution in [1.29, 1.82) is 0 Å². The van der Waals surface area contributed by atoms with Gasteiger partial charge < -0.3 is 27.9 Å². The lowest BCUT2D eigenvalue weighted by Crippen LogP contribution is -2.41. The van der Waals surface area contributed by atoms with Crippen LogP contribution in [0.15, 0.2) is 304 Å². The number of halogens is 1. The summed E-state index contributed by atoms with van der Waals surface area (Å²) < 4.78 is 36.9. The van der Waals surface area contributed by atoms with Crippen LogP contribution in [-0.4, -0.2) is 94.6 Å². The molecule has 554 valence electrons. The second-order valence-electron chi connectivity index (χ2n) is 31.3. The van der Waals surface area contributed by atoms with Crippen LogP contribution in [0.25, 0.3) is 135 Å². The third kappa shape index (κ3) is 16.7. The summed E-state index contributed by atoms with van der Waals surface area (Å²) in [5, 5.41) is 0.597. The number of hydrogen-bond acceptors (Lipinski definition) is 14. The van der Waals surface area contributed by atoms with Crippen LogP contribution in [0.4, 0.5) is 0 Å². The molecule has 0 unspecified atom stereocenters. The molecule has 3 saturated heterocycles. The molecule has 3 fully saturated rings. The third-order valence-corrected chi connectivity index (χ3v) is 22.1. The van der Waals surface area contributed by atoms with E-state index in [0.717, 1.165) is 106 Å². The summed E-state index contributed by atoms with van der Waals surface area (Å²) in [4.78, 5) is 38.8. The maximum atomic E-state index is 6.62. The Bertz CT molecular complexity index is 5320. The Morgan fingerprint density at radius 1 is 0.223 bits per heavy atom. The van der Waals surface area contributed by atoms with Crippen molar-refractivity contribution in [3.05, 3.63) is 309 Å². The van der Waals surface area contributed by atoms with Gasteiger partial charge in [0.15, 0.2) is 34.9 Å². The van der Waals surface area contributed by atoms with Crippen molar-refractivity contribution >= 4 is 38.2 Å². The van der Waals surface area contributed by atoms with E-state index in [-0.39, 0.29) is 22.4 Å². The highest BCUT2D eigenvalue weighted by Crippen LogP contribution is 2.44. The fourth-order valence-electron chi connectivity index (χ4n) is 13.3. The minimum Gasteiger partial charge on any atom is -0.405 e. The molecule has 7 heterocycles. The van der Waals surface area contributed by atoms with Crippen molar-refractivity contribution in [2.75, 3.05) is 0 Å². The van der Waals surface area contributed by atoms with Crippen LogP contribution in [0.2, 0.25) is 5.02 Å². The maximum Gasteiger partial charge on any atom is 0.494 e. The summed E-state index contributed by atoms with van der Waals surface area (Å²) >= 11 is 6.62. The zero-order valence-electron chi connectivity index (χ0n) is 65.0. The Kier molecular flexibility index (Phi) is 21.4. The molecule has 17 rings (SSSR count). The van der Waals surface area contributed by atoms with Gasteiger partial charge >= 0.3 is 21.1 Å². The molecule has 3 aliphatic heterocycles. The predicted molar refractivity (Wildman–Crippen MR) is 453 cm³/mol. The summed E-state index contributed by atoms with van der Waals surface area (Å²) in [5.74, 6) is 3.46. The number of pyridine rings is 2. The molecule has 0 atom stereocenters. The molecule has 10 aromatic carbocycles. The Balaban J connectivity index is 0.000000147. The molecule has 0 saturated carbocycles. The van der Waals surface area contributed by atoms with E-state index in [0.29, 0.717) is 40.0 Å². The van der Waals surface area contributed by atoms with Crippen LogP contribution in [0.3, 0.4) is 0 Å². The fourth-order valence-corrected chi connectivity index (χ4v) is 13.5. The Labute approximate surface area is 662 Å². The smallest absolute Gasteiger partial charge is 0.405 e. The van der Waals surface area contributed by atoms with E-state index in [2.05, 4.69) is 201 Å². The first-order chi connectivity index (χ1) is 53.8. The monoisotopic (exact) mass is 1490 g/mol. The largest absolute Gasteiger partial charge is 0.494 e. The molecule has 0 bridgehead atoms. The quantitative estimate of drug-likeness (QED) is 0.0947. The topological polar surface area (TPSA) is 158 Å². The molecule has 14 aromatic rings.